The maximum atomic E-state index is 9.60. The third-order valence-corrected chi connectivity index (χ3v) is 1.39. The van der Waals surface area contributed by atoms with E-state index in [1.54, 1.807) is 13.8 Å². The van der Waals surface area contributed by atoms with Crippen molar-refractivity contribution >= 4 is 0 Å². The van der Waals surface area contributed by atoms with Crippen LogP contribution in [0.5, 0.6) is 0 Å². The van der Waals surface area contributed by atoms with Crippen LogP contribution in [-0.4, -0.2) is 16.7 Å². The van der Waals surface area contributed by atoms with Gasteiger partial charge in [0.05, 0.1) is 5.60 Å². The number of nitrogens with one attached hydrogen (secondary N) is 1. The van der Waals surface area contributed by atoms with Crippen LogP contribution in [0.3, 0.4) is 0 Å². The van der Waals surface area contributed by atoms with Gasteiger partial charge < -0.3 is 10.4 Å². The maximum Gasteiger partial charge on any atom is 0.0980 e. The van der Waals surface area contributed by atoms with Crippen molar-refractivity contribution < 1.29 is 5.11 Å². The Morgan fingerprint density at radius 1 is 1.13 bits per heavy atom. The molecule has 0 atom stereocenters. The van der Waals surface area contributed by atoms with Gasteiger partial charge >= 0.3 is 0 Å². The van der Waals surface area contributed by atoms with Crippen LogP contribution in [0, 0.1) is 0 Å². The number of rotatable bonds is 3. The largest absolute Gasteiger partial charge is 0.384 e. The van der Waals surface area contributed by atoms with Gasteiger partial charge in [-0.3, -0.25) is 0 Å². The van der Waals surface area contributed by atoms with Gasteiger partial charge in [-0.05, 0) is 34.6 Å². The minimum Gasteiger partial charge on any atom is -0.384 e. The van der Waals surface area contributed by atoms with E-state index in [0.29, 0.717) is 6.04 Å². The first kappa shape index (κ1) is 20.0. The number of aliphatic hydroxyl groups is 1. The van der Waals surface area contributed by atoms with Crippen molar-refractivity contribution in [3.63, 3.8) is 0 Å². The van der Waals surface area contributed by atoms with Crippen molar-refractivity contribution in [2.45, 2.75) is 74.0 Å². The van der Waals surface area contributed by atoms with Gasteiger partial charge in [0.15, 0.2) is 0 Å². The Morgan fingerprint density at radius 2 is 1.47 bits per heavy atom. The third kappa shape index (κ3) is 13.5. The lowest BCUT2D eigenvalue weighted by molar-refractivity contribution is 0.110. The molecule has 2 heteroatoms. The minimum absolute atomic E-state index is 0.368. The predicted octanol–water partition coefficient (Wildman–Crippen LogP) is 3.71. The molecule has 0 saturated carbocycles. The van der Waals surface area contributed by atoms with Gasteiger partial charge in [0.1, 0.15) is 0 Å². The van der Waals surface area contributed by atoms with Crippen molar-refractivity contribution in [3.8, 4) is 0 Å². The molecule has 0 unspecified atom stereocenters. The fourth-order valence-electron chi connectivity index (χ4n) is 0.924. The van der Waals surface area contributed by atoms with Gasteiger partial charge in [0.2, 0.25) is 0 Å². The zero-order valence-electron chi connectivity index (χ0n) is 12.1. The monoisotopic (exact) mass is 217 g/mol. The van der Waals surface area contributed by atoms with Crippen molar-refractivity contribution in [1.29, 1.82) is 0 Å². The summed E-state index contributed by atoms with van der Waals surface area (Å²) >= 11 is 0. The molecule has 2 N–H and O–H groups in total. The fourth-order valence-corrected chi connectivity index (χ4v) is 0.924. The zero-order valence-corrected chi connectivity index (χ0v) is 12.1. The molecule has 0 radical (unpaired) electrons. The molecule has 0 amide bonds. The third-order valence-electron chi connectivity index (χ3n) is 1.39. The van der Waals surface area contributed by atoms with Crippen LogP contribution in [0.25, 0.3) is 0 Å². The van der Waals surface area contributed by atoms with E-state index in [2.05, 4.69) is 19.2 Å². The van der Waals surface area contributed by atoms with Gasteiger partial charge in [0, 0.05) is 11.7 Å². The molecule has 0 saturated heterocycles. The van der Waals surface area contributed by atoms with Crippen molar-refractivity contribution in [3.05, 3.63) is 11.8 Å². The number of hydrogen-bond acceptors (Lipinski definition) is 2. The highest BCUT2D eigenvalue weighted by Crippen LogP contribution is 2.12. The first-order valence-electron chi connectivity index (χ1n) is 6.03. The van der Waals surface area contributed by atoms with Crippen molar-refractivity contribution in [1.82, 2.24) is 5.32 Å². The molecule has 2 nitrogen and oxygen atoms in total. The van der Waals surface area contributed by atoms with E-state index >= 15 is 0 Å². The van der Waals surface area contributed by atoms with E-state index < -0.39 is 5.60 Å². The lowest BCUT2D eigenvalue weighted by Crippen LogP contribution is -2.35. The molecule has 0 aliphatic carbocycles. The first-order valence-corrected chi connectivity index (χ1v) is 6.03. The van der Waals surface area contributed by atoms with Crippen LogP contribution in [0.1, 0.15) is 62.3 Å². The molecule has 0 heterocycles. The van der Waals surface area contributed by atoms with Crippen molar-refractivity contribution in [2.75, 3.05) is 0 Å². The van der Waals surface area contributed by atoms with Gasteiger partial charge in [0.25, 0.3) is 0 Å². The SMILES string of the molecule is C/C=C(\NC(C)C)C(C)(C)O.CC.CC. The number of hydrogen-bond donors (Lipinski definition) is 2. The lowest BCUT2D eigenvalue weighted by atomic mass is 10.0. The summed E-state index contributed by atoms with van der Waals surface area (Å²) in [6.45, 7) is 17.6. The Bertz CT molecular complexity index is 143. The zero-order chi connectivity index (χ0) is 13.1. The van der Waals surface area contributed by atoms with Crippen LogP contribution in [0.15, 0.2) is 11.8 Å². The second-order valence-electron chi connectivity index (χ2n) is 3.56. The Balaban J connectivity index is -0.000000318. The molecule has 0 aromatic rings. The van der Waals surface area contributed by atoms with Gasteiger partial charge in [-0.25, -0.2) is 0 Å². The van der Waals surface area contributed by atoms with Gasteiger partial charge in [-0.1, -0.05) is 33.8 Å². The fraction of sp³-hybridized carbons (Fsp3) is 0.846. The molecule has 0 rings (SSSR count). The quantitative estimate of drug-likeness (QED) is 0.755. The first-order chi connectivity index (χ1) is 6.88. The molecule has 0 aliphatic rings. The highest BCUT2D eigenvalue weighted by molar-refractivity contribution is 5.10. The lowest BCUT2D eigenvalue weighted by Gasteiger charge is -2.24. The van der Waals surface area contributed by atoms with Crippen LogP contribution in [0.2, 0.25) is 0 Å². The predicted molar refractivity (Wildman–Crippen MR) is 71.0 cm³/mol. The van der Waals surface area contributed by atoms with Crippen LogP contribution in [-0.2, 0) is 0 Å². The minimum atomic E-state index is -0.751. The van der Waals surface area contributed by atoms with Crippen LogP contribution < -0.4 is 5.32 Å². The summed E-state index contributed by atoms with van der Waals surface area (Å²) in [5.41, 5.74) is 0.131. The molecule has 94 valence electrons. The van der Waals surface area contributed by atoms with E-state index in [4.69, 9.17) is 0 Å². The molecular weight excluding hydrogens is 186 g/mol. The van der Waals surface area contributed by atoms with Crippen LogP contribution in [0.4, 0.5) is 0 Å². The summed E-state index contributed by atoms with van der Waals surface area (Å²) in [6.07, 6.45) is 1.90. The highest BCUT2D eigenvalue weighted by atomic mass is 16.3. The van der Waals surface area contributed by atoms with E-state index in [9.17, 15) is 5.11 Å². The standard InChI is InChI=1S/C9H19NO.2C2H6/c1-6-8(9(4,5)11)10-7(2)3;2*1-2/h6-7,10-11H,1-5H3;2*1-2H3/b8-6-;;. The second-order valence-corrected chi connectivity index (χ2v) is 3.56. The summed E-state index contributed by atoms with van der Waals surface area (Å²) in [5.74, 6) is 0. The molecule has 0 fully saturated rings. The average molecular weight is 217 g/mol. The highest BCUT2D eigenvalue weighted by Gasteiger charge is 2.18. The van der Waals surface area contributed by atoms with Crippen LogP contribution >= 0.6 is 0 Å². The Labute approximate surface area is 96.8 Å². The topological polar surface area (TPSA) is 32.3 Å². The maximum absolute atomic E-state index is 9.60. The smallest absolute Gasteiger partial charge is 0.0980 e. The average Bonchev–Trinajstić information content (AvgIpc) is 2.18. The summed E-state index contributed by atoms with van der Waals surface area (Å²) in [4.78, 5) is 0. The molecular formula is C13H31NO. The van der Waals surface area contributed by atoms with E-state index in [0.717, 1.165) is 5.70 Å². The second kappa shape index (κ2) is 11.6. The molecule has 0 spiro atoms. The van der Waals surface area contributed by atoms with Gasteiger partial charge in [-0.15, -0.1) is 0 Å². The summed E-state index contributed by atoms with van der Waals surface area (Å²) in [7, 11) is 0. The Kier molecular flexibility index (Phi) is 15.4. The summed E-state index contributed by atoms with van der Waals surface area (Å²) < 4.78 is 0. The molecule has 0 aromatic carbocycles. The summed E-state index contributed by atoms with van der Waals surface area (Å²) in [6, 6.07) is 0.368. The van der Waals surface area contributed by atoms with Gasteiger partial charge in [-0.2, -0.15) is 0 Å². The van der Waals surface area contributed by atoms with E-state index in [1.807, 2.05) is 40.7 Å². The summed E-state index contributed by atoms with van der Waals surface area (Å²) in [5, 5.41) is 12.8. The molecule has 0 aliphatic heterocycles. The van der Waals surface area contributed by atoms with E-state index in [1.165, 1.54) is 0 Å². The van der Waals surface area contributed by atoms with Crippen molar-refractivity contribution in [2.24, 2.45) is 0 Å². The normalized spacial score (nSPS) is 11.0. The molecule has 0 aromatic heterocycles. The van der Waals surface area contributed by atoms with E-state index in [-0.39, 0.29) is 0 Å². The number of allylic oxidation sites excluding steroid dienone is 1. The molecule has 15 heavy (non-hydrogen) atoms. The molecule has 0 bridgehead atoms. The Hall–Kier alpha value is -0.500. The Morgan fingerprint density at radius 3 is 1.53 bits per heavy atom.